The van der Waals surface area contributed by atoms with E-state index in [-0.39, 0.29) is 0 Å². The van der Waals surface area contributed by atoms with E-state index >= 15 is 0 Å². The van der Waals surface area contributed by atoms with Gasteiger partial charge in [-0.3, -0.25) is 0 Å². The molecule has 3 heterocycles. The molecular formula is C20H29N7. The number of anilines is 3. The largest absolute Gasteiger partial charge is 0.363 e. The lowest BCUT2D eigenvalue weighted by atomic mass is 10.0. The van der Waals surface area contributed by atoms with E-state index in [1.54, 1.807) is 12.7 Å². The van der Waals surface area contributed by atoms with E-state index in [9.17, 15) is 0 Å². The summed E-state index contributed by atoms with van der Waals surface area (Å²) in [5.74, 6) is 3.13. The van der Waals surface area contributed by atoms with Crippen molar-refractivity contribution in [3.05, 3.63) is 30.0 Å². The minimum Gasteiger partial charge on any atom is -0.363 e. The number of hydrogen-bond donors (Lipinski definition) is 0. The molecular weight excluding hydrogens is 338 g/mol. The highest BCUT2D eigenvalue weighted by molar-refractivity contribution is 5.52. The Morgan fingerprint density at radius 3 is 2.15 bits per heavy atom. The minimum atomic E-state index is 0.530. The van der Waals surface area contributed by atoms with Crippen molar-refractivity contribution in [1.82, 2.24) is 19.9 Å². The summed E-state index contributed by atoms with van der Waals surface area (Å²) < 4.78 is 0. The Bertz CT molecular complexity index is 795. The van der Waals surface area contributed by atoms with Crippen LogP contribution in [-0.4, -0.2) is 59.2 Å². The van der Waals surface area contributed by atoms with E-state index < -0.39 is 0 Å². The van der Waals surface area contributed by atoms with E-state index in [1.807, 2.05) is 19.0 Å². The summed E-state index contributed by atoms with van der Waals surface area (Å²) in [5, 5.41) is 0. The number of rotatable bonds is 5. The van der Waals surface area contributed by atoms with Crippen LogP contribution in [0.3, 0.4) is 0 Å². The van der Waals surface area contributed by atoms with Crippen molar-refractivity contribution in [3.63, 3.8) is 0 Å². The maximum absolute atomic E-state index is 4.62. The molecule has 1 saturated carbocycles. The lowest BCUT2D eigenvalue weighted by Gasteiger charge is -2.40. The molecule has 27 heavy (non-hydrogen) atoms. The van der Waals surface area contributed by atoms with Crippen molar-refractivity contribution >= 4 is 17.5 Å². The van der Waals surface area contributed by atoms with Crippen LogP contribution in [0.2, 0.25) is 0 Å². The molecule has 0 aromatic carbocycles. The molecule has 2 aromatic rings. The van der Waals surface area contributed by atoms with E-state index in [0.717, 1.165) is 49.1 Å². The van der Waals surface area contributed by atoms with Crippen molar-refractivity contribution in [2.75, 3.05) is 41.9 Å². The number of aromatic nitrogens is 4. The molecule has 0 unspecified atom stereocenters. The molecule has 0 atom stereocenters. The maximum Gasteiger partial charge on any atom is 0.135 e. The minimum absolute atomic E-state index is 0.530. The standard InChI is InChI=1S/C20H29N7/c1-14-15(2)21-12-24-20(14)26-9-7-17(8-10-26)27(16-5-6-16)19-11-18(25(3)4)22-13-23-19/h11-13,16-17H,5-10H2,1-4H3. The molecule has 7 heteroatoms. The topological polar surface area (TPSA) is 61.3 Å². The van der Waals surface area contributed by atoms with Crippen LogP contribution >= 0.6 is 0 Å². The van der Waals surface area contributed by atoms with Gasteiger partial charge in [-0.1, -0.05) is 0 Å². The first kappa shape index (κ1) is 17.9. The van der Waals surface area contributed by atoms with Crippen molar-refractivity contribution in [1.29, 1.82) is 0 Å². The zero-order chi connectivity index (χ0) is 19.0. The number of hydrogen-bond acceptors (Lipinski definition) is 7. The van der Waals surface area contributed by atoms with E-state index in [2.05, 4.69) is 49.6 Å². The summed E-state index contributed by atoms with van der Waals surface area (Å²) in [6.45, 7) is 6.23. The fraction of sp³-hybridized carbons (Fsp3) is 0.600. The molecule has 0 N–H and O–H groups in total. The van der Waals surface area contributed by atoms with Gasteiger partial charge in [0.15, 0.2) is 0 Å². The van der Waals surface area contributed by atoms with Crippen LogP contribution in [0.4, 0.5) is 17.5 Å². The average Bonchev–Trinajstić information content (AvgIpc) is 3.50. The Balaban J connectivity index is 1.50. The van der Waals surface area contributed by atoms with Crippen LogP contribution in [0.15, 0.2) is 18.7 Å². The Hall–Kier alpha value is -2.44. The molecule has 4 rings (SSSR count). The average molecular weight is 368 g/mol. The van der Waals surface area contributed by atoms with E-state index in [0.29, 0.717) is 12.1 Å². The highest BCUT2D eigenvalue weighted by Crippen LogP contribution is 2.36. The SMILES string of the molecule is Cc1ncnc(N2CCC(N(c3cc(N(C)C)ncn3)C3CC3)CC2)c1C. The molecule has 2 aliphatic rings. The maximum atomic E-state index is 4.62. The summed E-state index contributed by atoms with van der Waals surface area (Å²) in [7, 11) is 4.05. The van der Waals surface area contributed by atoms with Crippen molar-refractivity contribution < 1.29 is 0 Å². The lowest BCUT2D eigenvalue weighted by molar-refractivity contribution is 0.457. The fourth-order valence-corrected chi connectivity index (χ4v) is 3.95. The van der Waals surface area contributed by atoms with E-state index in [4.69, 9.17) is 0 Å². The quantitative estimate of drug-likeness (QED) is 0.805. The van der Waals surface area contributed by atoms with Crippen molar-refractivity contribution in [2.24, 2.45) is 0 Å². The summed E-state index contributed by atoms with van der Waals surface area (Å²) >= 11 is 0. The first-order valence-corrected chi connectivity index (χ1v) is 9.85. The smallest absolute Gasteiger partial charge is 0.135 e. The van der Waals surface area contributed by atoms with Gasteiger partial charge in [0.25, 0.3) is 0 Å². The first-order chi connectivity index (χ1) is 13.0. The van der Waals surface area contributed by atoms with Gasteiger partial charge in [-0.2, -0.15) is 0 Å². The van der Waals surface area contributed by atoms with Crippen molar-refractivity contribution in [3.8, 4) is 0 Å². The third kappa shape index (κ3) is 3.68. The highest BCUT2D eigenvalue weighted by Gasteiger charge is 2.37. The van der Waals surface area contributed by atoms with Crippen LogP contribution < -0.4 is 14.7 Å². The van der Waals surface area contributed by atoms with Gasteiger partial charge in [0, 0.05) is 56.6 Å². The number of aryl methyl sites for hydroxylation is 1. The highest BCUT2D eigenvalue weighted by atomic mass is 15.3. The zero-order valence-electron chi connectivity index (χ0n) is 16.8. The lowest BCUT2D eigenvalue weighted by Crippen LogP contribution is -2.47. The fourth-order valence-electron chi connectivity index (χ4n) is 3.95. The van der Waals surface area contributed by atoms with Gasteiger partial charge in [0.1, 0.15) is 30.1 Å². The van der Waals surface area contributed by atoms with Gasteiger partial charge < -0.3 is 14.7 Å². The molecule has 0 radical (unpaired) electrons. The third-order valence-electron chi connectivity index (χ3n) is 5.77. The van der Waals surface area contributed by atoms with E-state index in [1.165, 1.54) is 18.4 Å². The molecule has 1 aliphatic heterocycles. The molecule has 0 amide bonds. The predicted octanol–water partition coefficient (Wildman–Crippen LogP) is 2.59. The summed E-state index contributed by atoms with van der Waals surface area (Å²) in [4.78, 5) is 24.9. The molecule has 2 aromatic heterocycles. The van der Waals surface area contributed by atoms with Crippen LogP contribution in [0.1, 0.15) is 36.9 Å². The number of nitrogens with zero attached hydrogens (tertiary/aromatic N) is 7. The van der Waals surface area contributed by atoms with Gasteiger partial charge in [0.05, 0.1) is 0 Å². The molecule has 144 valence electrons. The van der Waals surface area contributed by atoms with Gasteiger partial charge in [-0.15, -0.1) is 0 Å². The molecule has 1 saturated heterocycles. The van der Waals surface area contributed by atoms with Crippen LogP contribution in [0.5, 0.6) is 0 Å². The Morgan fingerprint density at radius 2 is 1.48 bits per heavy atom. The Kier molecular flexibility index (Phi) is 4.85. The summed E-state index contributed by atoms with van der Waals surface area (Å²) in [6, 6.07) is 3.29. The molecule has 1 aliphatic carbocycles. The van der Waals surface area contributed by atoms with Gasteiger partial charge in [-0.25, -0.2) is 19.9 Å². The molecule has 0 spiro atoms. The third-order valence-corrected chi connectivity index (χ3v) is 5.77. The molecule has 0 bridgehead atoms. The van der Waals surface area contributed by atoms with Gasteiger partial charge in [-0.05, 0) is 39.5 Å². The van der Waals surface area contributed by atoms with Crippen LogP contribution in [0.25, 0.3) is 0 Å². The molecule has 7 nitrogen and oxygen atoms in total. The second-order valence-corrected chi connectivity index (χ2v) is 7.89. The molecule has 2 fully saturated rings. The first-order valence-electron chi connectivity index (χ1n) is 9.85. The number of piperidine rings is 1. The predicted molar refractivity (Wildman–Crippen MR) is 109 cm³/mol. The van der Waals surface area contributed by atoms with Crippen LogP contribution in [-0.2, 0) is 0 Å². The Morgan fingerprint density at radius 1 is 0.852 bits per heavy atom. The van der Waals surface area contributed by atoms with Gasteiger partial charge in [0.2, 0.25) is 0 Å². The summed E-state index contributed by atoms with van der Waals surface area (Å²) in [6.07, 6.45) is 8.17. The van der Waals surface area contributed by atoms with Crippen LogP contribution in [0, 0.1) is 13.8 Å². The summed E-state index contributed by atoms with van der Waals surface area (Å²) in [5.41, 5.74) is 2.26. The van der Waals surface area contributed by atoms with Gasteiger partial charge >= 0.3 is 0 Å². The zero-order valence-corrected chi connectivity index (χ0v) is 16.8. The second-order valence-electron chi connectivity index (χ2n) is 7.89. The normalized spacial score (nSPS) is 17.9. The monoisotopic (exact) mass is 367 g/mol. The second kappa shape index (κ2) is 7.29. The van der Waals surface area contributed by atoms with Crippen molar-refractivity contribution in [2.45, 2.75) is 51.6 Å². The Labute approximate surface area is 161 Å².